The van der Waals surface area contributed by atoms with Crippen molar-refractivity contribution in [1.29, 1.82) is 0 Å². The second kappa shape index (κ2) is 4.69. The van der Waals surface area contributed by atoms with Crippen LogP contribution in [0.1, 0.15) is 54.4 Å². The Kier molecular flexibility index (Phi) is 3.06. The lowest BCUT2D eigenvalue weighted by atomic mass is 9.48. The van der Waals surface area contributed by atoms with Crippen molar-refractivity contribution in [2.45, 2.75) is 43.9 Å². The molecule has 0 amide bonds. The number of rotatable bonds is 3. The van der Waals surface area contributed by atoms with Gasteiger partial charge in [0.2, 0.25) is 0 Å². The highest BCUT2D eigenvalue weighted by molar-refractivity contribution is 9.09. The van der Waals surface area contributed by atoms with Gasteiger partial charge in [0, 0.05) is 5.56 Å². The first-order valence-corrected chi connectivity index (χ1v) is 9.00. The molecule has 20 heavy (non-hydrogen) atoms. The molecular weight excluding hydrogens is 312 g/mol. The van der Waals surface area contributed by atoms with Crippen LogP contribution in [0.5, 0.6) is 0 Å². The number of halogens is 1. The molecule has 0 spiro atoms. The quantitative estimate of drug-likeness (QED) is 0.577. The van der Waals surface area contributed by atoms with Gasteiger partial charge in [0.05, 0.1) is 5.33 Å². The third kappa shape index (κ3) is 1.99. The largest absolute Gasteiger partial charge is 0.293 e. The smallest absolute Gasteiger partial charge is 0.173 e. The molecule has 4 fully saturated rings. The Morgan fingerprint density at radius 3 is 1.95 bits per heavy atom. The number of Topliss-reactive ketones (excluding diaryl/α,β-unsaturated/α-hetero) is 1. The minimum Gasteiger partial charge on any atom is -0.293 e. The van der Waals surface area contributed by atoms with Gasteiger partial charge in [0.25, 0.3) is 0 Å². The van der Waals surface area contributed by atoms with Gasteiger partial charge in [-0.3, -0.25) is 4.79 Å². The third-order valence-corrected chi connectivity index (χ3v) is 6.49. The lowest BCUT2D eigenvalue weighted by Gasteiger charge is -2.57. The summed E-state index contributed by atoms with van der Waals surface area (Å²) in [4.78, 5) is 11.7. The van der Waals surface area contributed by atoms with Crippen molar-refractivity contribution in [3.05, 3.63) is 35.4 Å². The van der Waals surface area contributed by atoms with E-state index in [2.05, 4.69) is 28.1 Å². The van der Waals surface area contributed by atoms with E-state index in [1.807, 2.05) is 12.1 Å². The second-order valence-electron chi connectivity index (χ2n) is 7.33. The van der Waals surface area contributed by atoms with Gasteiger partial charge in [-0.25, -0.2) is 0 Å². The summed E-state index contributed by atoms with van der Waals surface area (Å²) in [7, 11) is 0. The van der Waals surface area contributed by atoms with Gasteiger partial charge in [0.15, 0.2) is 5.78 Å². The number of carbonyl (C=O) groups is 1. The van der Waals surface area contributed by atoms with E-state index >= 15 is 0 Å². The van der Waals surface area contributed by atoms with Crippen LogP contribution in [0.25, 0.3) is 0 Å². The van der Waals surface area contributed by atoms with E-state index in [9.17, 15) is 4.79 Å². The number of hydrogen-bond donors (Lipinski definition) is 0. The first kappa shape index (κ1) is 13.1. The van der Waals surface area contributed by atoms with Crippen LogP contribution in [0.2, 0.25) is 0 Å². The number of alkyl halides is 1. The fourth-order valence-electron chi connectivity index (χ4n) is 5.55. The zero-order valence-electron chi connectivity index (χ0n) is 11.8. The summed E-state index contributed by atoms with van der Waals surface area (Å²) in [6.07, 6.45) is 8.64. The van der Waals surface area contributed by atoms with Crippen LogP contribution in [-0.4, -0.2) is 11.1 Å². The van der Waals surface area contributed by atoms with E-state index in [0.29, 0.717) is 10.7 Å². The van der Waals surface area contributed by atoms with Crippen molar-refractivity contribution in [2.24, 2.45) is 17.8 Å². The minimum atomic E-state index is 0.182. The maximum atomic E-state index is 11.7. The maximum absolute atomic E-state index is 11.7. The molecule has 4 aliphatic rings. The van der Waals surface area contributed by atoms with Gasteiger partial charge < -0.3 is 0 Å². The van der Waals surface area contributed by atoms with Gasteiger partial charge >= 0.3 is 0 Å². The fourth-order valence-corrected chi connectivity index (χ4v) is 5.87. The zero-order valence-corrected chi connectivity index (χ0v) is 13.4. The summed E-state index contributed by atoms with van der Waals surface area (Å²) >= 11 is 3.25. The molecule has 106 valence electrons. The molecule has 0 saturated heterocycles. The van der Waals surface area contributed by atoms with Crippen molar-refractivity contribution in [1.82, 2.24) is 0 Å². The Morgan fingerprint density at radius 2 is 1.50 bits per heavy atom. The Bertz CT molecular complexity index is 496. The van der Waals surface area contributed by atoms with E-state index in [4.69, 9.17) is 0 Å². The van der Waals surface area contributed by atoms with Crippen molar-refractivity contribution in [3.63, 3.8) is 0 Å². The highest BCUT2D eigenvalue weighted by Gasteiger charge is 2.51. The molecule has 0 atom stereocenters. The SMILES string of the molecule is O=C(CBr)c1ccc(C23CC4CC(CC(C4)C2)C3)cc1. The topological polar surface area (TPSA) is 17.1 Å². The molecule has 0 N–H and O–H groups in total. The van der Waals surface area contributed by atoms with E-state index in [0.717, 1.165) is 23.3 Å². The molecule has 4 saturated carbocycles. The van der Waals surface area contributed by atoms with Crippen LogP contribution in [-0.2, 0) is 5.41 Å². The van der Waals surface area contributed by atoms with Crippen LogP contribution in [0.3, 0.4) is 0 Å². The molecule has 0 aliphatic heterocycles. The number of carbonyl (C=O) groups excluding carboxylic acids is 1. The van der Waals surface area contributed by atoms with Crippen molar-refractivity contribution in [3.8, 4) is 0 Å². The normalized spacial score (nSPS) is 38.1. The molecular formula is C18H21BrO. The van der Waals surface area contributed by atoms with Crippen LogP contribution < -0.4 is 0 Å². The van der Waals surface area contributed by atoms with Gasteiger partial charge in [-0.05, 0) is 67.3 Å². The molecule has 2 heteroatoms. The molecule has 0 radical (unpaired) electrons. The lowest BCUT2D eigenvalue weighted by molar-refractivity contribution is -0.00519. The summed E-state index contributed by atoms with van der Waals surface area (Å²) in [5.74, 6) is 3.11. The molecule has 0 unspecified atom stereocenters. The Morgan fingerprint density at radius 1 is 1.00 bits per heavy atom. The van der Waals surface area contributed by atoms with Gasteiger partial charge in [-0.1, -0.05) is 40.2 Å². The molecule has 4 bridgehead atoms. The maximum Gasteiger partial charge on any atom is 0.173 e. The van der Waals surface area contributed by atoms with Crippen LogP contribution in [0, 0.1) is 17.8 Å². The standard InChI is InChI=1S/C18H21BrO/c19-11-17(20)15-1-3-16(4-2-15)18-8-12-5-13(9-18)7-14(6-12)10-18/h1-4,12-14H,5-11H2. The zero-order chi connectivity index (χ0) is 13.7. The molecule has 0 aromatic heterocycles. The number of hydrogen-bond acceptors (Lipinski definition) is 1. The third-order valence-electron chi connectivity index (χ3n) is 5.98. The number of benzene rings is 1. The first-order valence-electron chi connectivity index (χ1n) is 7.88. The Hall–Kier alpha value is -0.630. The molecule has 1 nitrogen and oxygen atoms in total. The average Bonchev–Trinajstić information content (AvgIpc) is 2.45. The summed E-state index contributed by atoms with van der Waals surface area (Å²) in [5, 5.41) is 0.420. The highest BCUT2D eigenvalue weighted by atomic mass is 79.9. The summed E-state index contributed by atoms with van der Waals surface area (Å²) in [6, 6.07) is 8.56. The highest BCUT2D eigenvalue weighted by Crippen LogP contribution is 2.60. The Labute approximate surface area is 129 Å². The van der Waals surface area contributed by atoms with E-state index in [1.54, 1.807) is 0 Å². The van der Waals surface area contributed by atoms with Gasteiger partial charge in [-0.2, -0.15) is 0 Å². The van der Waals surface area contributed by atoms with Crippen LogP contribution >= 0.6 is 15.9 Å². The molecule has 0 heterocycles. The first-order chi connectivity index (χ1) is 9.68. The van der Waals surface area contributed by atoms with Gasteiger partial charge in [-0.15, -0.1) is 0 Å². The van der Waals surface area contributed by atoms with Crippen LogP contribution in [0.4, 0.5) is 0 Å². The summed E-state index contributed by atoms with van der Waals surface area (Å²) < 4.78 is 0. The second-order valence-corrected chi connectivity index (χ2v) is 7.89. The van der Waals surface area contributed by atoms with Crippen molar-refractivity contribution < 1.29 is 4.79 Å². The monoisotopic (exact) mass is 332 g/mol. The Balaban J connectivity index is 1.65. The predicted octanol–water partition coefficient (Wildman–Crippen LogP) is 4.73. The molecule has 1 aromatic rings. The van der Waals surface area contributed by atoms with Crippen molar-refractivity contribution >= 4 is 21.7 Å². The molecule has 5 rings (SSSR count). The summed E-state index contributed by atoms with van der Waals surface area (Å²) in [6.45, 7) is 0. The number of ketones is 1. The summed E-state index contributed by atoms with van der Waals surface area (Å²) in [5.41, 5.74) is 2.79. The van der Waals surface area contributed by atoms with Gasteiger partial charge in [0.1, 0.15) is 0 Å². The molecule has 1 aromatic carbocycles. The predicted molar refractivity (Wildman–Crippen MR) is 84.4 cm³/mol. The minimum absolute atomic E-state index is 0.182. The molecule has 4 aliphatic carbocycles. The lowest BCUT2D eigenvalue weighted by Crippen LogP contribution is -2.48. The van der Waals surface area contributed by atoms with Crippen molar-refractivity contribution in [2.75, 3.05) is 5.33 Å². The fraction of sp³-hybridized carbons (Fsp3) is 0.611. The average molecular weight is 333 g/mol. The van der Waals surface area contributed by atoms with E-state index in [-0.39, 0.29) is 5.78 Å². The van der Waals surface area contributed by atoms with E-state index in [1.165, 1.54) is 44.1 Å². The van der Waals surface area contributed by atoms with E-state index < -0.39 is 0 Å². The van der Waals surface area contributed by atoms with Crippen LogP contribution in [0.15, 0.2) is 24.3 Å².